The Bertz CT molecular complexity index is 136. The standard InChI is InChI=1S/C12H25Ge/c1-5-7-8-9-10-12(3,4)13-11-6-2/h11,13H,2,5-10H2,1,3-4H3. The molecule has 0 aromatic heterocycles. The average molecular weight is 242 g/mol. The number of hydrogen-bond donors (Lipinski definition) is 0. The van der Waals surface area contributed by atoms with Crippen LogP contribution in [0.15, 0.2) is 0 Å². The Morgan fingerprint density at radius 3 is 2.46 bits per heavy atom. The Morgan fingerprint density at radius 2 is 1.92 bits per heavy atom. The normalized spacial score (nSPS) is 12.6. The molecule has 0 saturated heterocycles. The number of hydrogen-bond acceptors (Lipinski definition) is 0. The summed E-state index contributed by atoms with van der Waals surface area (Å²) < 4.78 is 0.662. The molecular weight excluding hydrogens is 217 g/mol. The van der Waals surface area contributed by atoms with E-state index in [-0.39, 0.29) is 15.0 Å². The van der Waals surface area contributed by atoms with Crippen molar-refractivity contribution in [1.82, 2.24) is 0 Å². The maximum atomic E-state index is 3.88. The molecule has 1 heteroatoms. The van der Waals surface area contributed by atoms with Gasteiger partial charge in [-0.25, -0.2) is 0 Å². The molecule has 0 aliphatic rings. The van der Waals surface area contributed by atoms with E-state index in [1.54, 1.807) is 0 Å². The Hall–Kier alpha value is 0.413. The van der Waals surface area contributed by atoms with E-state index >= 15 is 0 Å². The van der Waals surface area contributed by atoms with Crippen LogP contribution in [0.25, 0.3) is 0 Å². The molecule has 0 aromatic rings. The van der Waals surface area contributed by atoms with Crippen LogP contribution in [0.4, 0.5) is 0 Å². The van der Waals surface area contributed by atoms with Gasteiger partial charge in [0.1, 0.15) is 0 Å². The van der Waals surface area contributed by atoms with Gasteiger partial charge >= 0.3 is 90.3 Å². The first-order valence-electron chi connectivity index (χ1n) is 5.59. The van der Waals surface area contributed by atoms with E-state index in [1.165, 1.54) is 32.1 Å². The van der Waals surface area contributed by atoms with E-state index < -0.39 is 0 Å². The van der Waals surface area contributed by atoms with Crippen molar-refractivity contribution in [3.8, 4) is 0 Å². The van der Waals surface area contributed by atoms with E-state index in [1.807, 2.05) is 0 Å². The maximum absolute atomic E-state index is 3.88. The summed E-state index contributed by atoms with van der Waals surface area (Å²) in [4.78, 5) is 2.46. The average Bonchev–Trinajstić information content (AvgIpc) is 2.09. The molecule has 1 radical (unpaired) electrons. The van der Waals surface area contributed by atoms with Crippen molar-refractivity contribution in [2.24, 2.45) is 0 Å². The molecule has 0 amide bonds. The molecule has 0 aliphatic carbocycles. The summed E-state index contributed by atoms with van der Waals surface area (Å²) >= 11 is -0.133. The summed E-state index contributed by atoms with van der Waals surface area (Å²) in [5, 5.41) is 0. The Labute approximate surface area is 90.5 Å². The van der Waals surface area contributed by atoms with Gasteiger partial charge in [0.15, 0.2) is 0 Å². The van der Waals surface area contributed by atoms with E-state index in [0.717, 1.165) is 6.42 Å². The van der Waals surface area contributed by atoms with Gasteiger partial charge in [-0.3, -0.25) is 0 Å². The van der Waals surface area contributed by atoms with Gasteiger partial charge in [-0.05, 0) is 0 Å². The van der Waals surface area contributed by atoms with Crippen LogP contribution in [0.1, 0.15) is 59.3 Å². The SMILES string of the molecule is [CH2]C[CH]=[GeH][C](C)(C)CCCCCC. The summed E-state index contributed by atoms with van der Waals surface area (Å²) in [5.74, 6) is 0. The third-order valence-corrected chi connectivity index (χ3v) is 6.10. The van der Waals surface area contributed by atoms with E-state index in [2.05, 4.69) is 32.5 Å². The van der Waals surface area contributed by atoms with E-state index in [0.29, 0.717) is 4.25 Å². The van der Waals surface area contributed by atoms with Gasteiger partial charge in [-0.2, -0.15) is 0 Å². The molecule has 77 valence electrons. The minimum absolute atomic E-state index is 0.133. The van der Waals surface area contributed by atoms with Crippen LogP contribution < -0.4 is 0 Å². The van der Waals surface area contributed by atoms with Crippen molar-refractivity contribution >= 4 is 19.8 Å². The second-order valence-corrected chi connectivity index (χ2v) is 9.46. The zero-order chi connectivity index (χ0) is 10.2. The van der Waals surface area contributed by atoms with E-state index in [9.17, 15) is 0 Å². The predicted molar refractivity (Wildman–Crippen MR) is 66.0 cm³/mol. The Morgan fingerprint density at radius 1 is 1.23 bits per heavy atom. The molecule has 0 saturated carbocycles. The second kappa shape index (κ2) is 7.78. The van der Waals surface area contributed by atoms with Crippen LogP contribution in [-0.2, 0) is 0 Å². The van der Waals surface area contributed by atoms with Gasteiger partial charge in [-0.15, -0.1) is 0 Å². The number of rotatable bonds is 7. The van der Waals surface area contributed by atoms with Crippen LogP contribution in [0.2, 0.25) is 4.25 Å². The zero-order valence-electron chi connectivity index (χ0n) is 9.60. The topological polar surface area (TPSA) is 0 Å². The summed E-state index contributed by atoms with van der Waals surface area (Å²) in [7, 11) is 0. The molecule has 13 heavy (non-hydrogen) atoms. The minimum atomic E-state index is -0.133. The third kappa shape index (κ3) is 8.74. The monoisotopic (exact) mass is 243 g/mol. The second-order valence-electron chi connectivity index (χ2n) is 4.49. The zero-order valence-corrected chi connectivity index (χ0v) is 12.0. The molecule has 0 bridgehead atoms. The first-order valence-corrected chi connectivity index (χ1v) is 8.20. The van der Waals surface area contributed by atoms with Crippen molar-refractivity contribution in [3.63, 3.8) is 0 Å². The summed E-state index contributed by atoms with van der Waals surface area (Å²) in [6, 6.07) is 0. The summed E-state index contributed by atoms with van der Waals surface area (Å²) in [6.07, 6.45) is 8.11. The fourth-order valence-corrected chi connectivity index (χ4v) is 3.96. The van der Waals surface area contributed by atoms with Gasteiger partial charge in [0.05, 0.1) is 0 Å². The van der Waals surface area contributed by atoms with Crippen molar-refractivity contribution in [2.45, 2.75) is 63.5 Å². The van der Waals surface area contributed by atoms with Crippen molar-refractivity contribution in [3.05, 3.63) is 6.92 Å². The van der Waals surface area contributed by atoms with Crippen LogP contribution in [0, 0.1) is 6.92 Å². The van der Waals surface area contributed by atoms with Gasteiger partial charge in [0, 0.05) is 0 Å². The van der Waals surface area contributed by atoms with Gasteiger partial charge in [0.25, 0.3) is 0 Å². The van der Waals surface area contributed by atoms with Gasteiger partial charge in [0.2, 0.25) is 0 Å². The first-order chi connectivity index (χ1) is 6.12. The molecule has 0 fully saturated rings. The van der Waals surface area contributed by atoms with Crippen LogP contribution in [0.5, 0.6) is 0 Å². The van der Waals surface area contributed by atoms with Crippen LogP contribution in [-0.4, -0.2) is 19.8 Å². The van der Waals surface area contributed by atoms with Crippen molar-refractivity contribution in [2.75, 3.05) is 0 Å². The quantitative estimate of drug-likeness (QED) is 0.472. The number of unbranched alkanes of at least 4 members (excludes halogenated alkanes) is 3. The fraction of sp³-hybridized carbons (Fsp3) is 0.833. The molecule has 0 aromatic carbocycles. The fourth-order valence-electron chi connectivity index (χ4n) is 1.49. The van der Waals surface area contributed by atoms with Gasteiger partial charge in [-0.1, -0.05) is 0 Å². The summed E-state index contributed by atoms with van der Waals surface area (Å²) in [5.41, 5.74) is 0. The van der Waals surface area contributed by atoms with E-state index in [4.69, 9.17) is 0 Å². The molecular formula is C12H25Ge. The Balaban J connectivity index is 3.56. The first kappa shape index (κ1) is 13.4. The third-order valence-electron chi connectivity index (χ3n) is 2.41. The molecule has 0 spiro atoms. The molecule has 0 unspecified atom stereocenters. The molecule has 0 N–H and O–H groups in total. The predicted octanol–water partition coefficient (Wildman–Crippen LogP) is 3.62. The summed E-state index contributed by atoms with van der Waals surface area (Å²) in [6.45, 7) is 11.0. The van der Waals surface area contributed by atoms with Crippen LogP contribution >= 0.6 is 0 Å². The molecule has 0 nitrogen and oxygen atoms in total. The Kier molecular flexibility index (Phi) is 8.03. The molecule has 0 rings (SSSR count). The van der Waals surface area contributed by atoms with Crippen molar-refractivity contribution in [1.29, 1.82) is 0 Å². The molecule has 0 heterocycles. The molecule has 0 aliphatic heterocycles. The van der Waals surface area contributed by atoms with Crippen LogP contribution in [0.3, 0.4) is 0 Å². The van der Waals surface area contributed by atoms with Gasteiger partial charge < -0.3 is 0 Å². The molecule has 0 atom stereocenters. The van der Waals surface area contributed by atoms with Crippen molar-refractivity contribution < 1.29 is 0 Å².